The third-order valence-corrected chi connectivity index (χ3v) is 4.60. The summed E-state index contributed by atoms with van der Waals surface area (Å²) in [7, 11) is 0. The maximum absolute atomic E-state index is 12.7. The number of amides is 1. The molecule has 0 bridgehead atoms. The molecule has 0 saturated carbocycles. The Morgan fingerprint density at radius 2 is 1.80 bits per heavy atom. The lowest BCUT2D eigenvalue weighted by Crippen LogP contribution is -2.27. The lowest BCUT2D eigenvalue weighted by Gasteiger charge is -2.20. The first-order valence-corrected chi connectivity index (χ1v) is 9.13. The van der Waals surface area contributed by atoms with Gasteiger partial charge < -0.3 is 10.2 Å². The highest BCUT2D eigenvalue weighted by Crippen LogP contribution is 2.24. The van der Waals surface area contributed by atoms with Crippen LogP contribution in [0.3, 0.4) is 0 Å². The molecular weight excluding hydrogens is 312 g/mol. The molecule has 0 radical (unpaired) electrons. The van der Waals surface area contributed by atoms with Crippen LogP contribution in [-0.4, -0.2) is 29.0 Å². The van der Waals surface area contributed by atoms with Crippen molar-refractivity contribution in [1.82, 2.24) is 9.97 Å². The molecule has 5 heteroatoms. The van der Waals surface area contributed by atoms with Gasteiger partial charge in [-0.2, -0.15) is 0 Å². The summed E-state index contributed by atoms with van der Waals surface area (Å²) < 4.78 is 0. The molecule has 1 aromatic carbocycles. The first kappa shape index (κ1) is 17.4. The average molecular weight is 338 g/mol. The van der Waals surface area contributed by atoms with Gasteiger partial charge in [0.25, 0.3) is 5.91 Å². The van der Waals surface area contributed by atoms with E-state index in [2.05, 4.69) is 34.0 Å². The van der Waals surface area contributed by atoms with Gasteiger partial charge in [-0.1, -0.05) is 44.9 Å². The summed E-state index contributed by atoms with van der Waals surface area (Å²) in [5.74, 6) is 0.813. The Bertz CT molecular complexity index is 721. The smallest absolute Gasteiger partial charge is 0.274 e. The second-order valence-corrected chi connectivity index (χ2v) is 6.84. The predicted molar refractivity (Wildman–Crippen MR) is 101 cm³/mol. The fourth-order valence-electron chi connectivity index (χ4n) is 3.20. The highest BCUT2D eigenvalue weighted by molar-refractivity contribution is 6.03. The Hall–Kier alpha value is -2.43. The topological polar surface area (TPSA) is 58.1 Å². The molecule has 0 atom stereocenters. The van der Waals surface area contributed by atoms with Gasteiger partial charge in [0.05, 0.1) is 0 Å². The Labute approximate surface area is 149 Å². The van der Waals surface area contributed by atoms with E-state index < -0.39 is 0 Å². The van der Waals surface area contributed by atoms with Crippen LogP contribution in [0.4, 0.5) is 11.6 Å². The number of nitrogens with zero attached hydrogens (tertiary/aromatic N) is 3. The van der Waals surface area contributed by atoms with Gasteiger partial charge in [-0.25, -0.2) is 9.97 Å². The van der Waals surface area contributed by atoms with E-state index in [0.29, 0.717) is 17.6 Å². The van der Waals surface area contributed by atoms with Crippen molar-refractivity contribution in [3.05, 3.63) is 47.8 Å². The quantitative estimate of drug-likeness (QED) is 0.906. The zero-order valence-electron chi connectivity index (χ0n) is 15.0. The Morgan fingerprint density at radius 1 is 1.08 bits per heavy atom. The van der Waals surface area contributed by atoms with Crippen molar-refractivity contribution in [2.75, 3.05) is 23.3 Å². The Kier molecular flexibility index (Phi) is 5.64. The van der Waals surface area contributed by atoms with E-state index in [0.717, 1.165) is 37.2 Å². The van der Waals surface area contributed by atoms with Crippen LogP contribution in [0.2, 0.25) is 0 Å². The normalized spacial score (nSPS) is 15.1. The monoisotopic (exact) mass is 338 g/mol. The number of anilines is 2. The van der Waals surface area contributed by atoms with E-state index >= 15 is 0 Å². The van der Waals surface area contributed by atoms with Crippen molar-refractivity contribution >= 4 is 17.5 Å². The van der Waals surface area contributed by atoms with E-state index in [1.54, 1.807) is 12.3 Å². The van der Waals surface area contributed by atoms with E-state index in [9.17, 15) is 4.79 Å². The van der Waals surface area contributed by atoms with Gasteiger partial charge >= 0.3 is 0 Å². The van der Waals surface area contributed by atoms with E-state index in [1.807, 2.05) is 24.3 Å². The maximum atomic E-state index is 12.7. The predicted octanol–water partition coefficient (Wildman–Crippen LogP) is 4.23. The zero-order valence-corrected chi connectivity index (χ0v) is 15.0. The van der Waals surface area contributed by atoms with Gasteiger partial charge in [-0.3, -0.25) is 4.79 Å². The van der Waals surface area contributed by atoms with Crippen molar-refractivity contribution < 1.29 is 4.79 Å². The first-order chi connectivity index (χ1) is 12.1. The fraction of sp³-hybridized carbons (Fsp3) is 0.450. The molecule has 1 fully saturated rings. The van der Waals surface area contributed by atoms with Gasteiger partial charge in [0.2, 0.25) is 5.95 Å². The number of benzene rings is 1. The van der Waals surface area contributed by atoms with Gasteiger partial charge in [-0.15, -0.1) is 0 Å². The summed E-state index contributed by atoms with van der Waals surface area (Å²) in [5, 5.41) is 3.00. The number of nitrogens with one attached hydrogen (secondary N) is 1. The van der Waals surface area contributed by atoms with E-state index in [1.165, 1.54) is 12.8 Å². The van der Waals surface area contributed by atoms with Crippen LogP contribution in [0.25, 0.3) is 0 Å². The summed E-state index contributed by atoms with van der Waals surface area (Å²) in [5.41, 5.74) is 2.38. The van der Waals surface area contributed by atoms with E-state index in [4.69, 9.17) is 0 Å². The minimum atomic E-state index is -0.188. The second kappa shape index (κ2) is 8.10. The average Bonchev–Trinajstić information content (AvgIpc) is 2.91. The SMILES string of the molecule is CC(C)c1ccccc1NC(=O)c1ccnc(N2CCCCCC2)n1. The van der Waals surface area contributed by atoms with Gasteiger partial charge in [0, 0.05) is 25.0 Å². The number of carbonyl (C=O) groups excluding carboxylic acids is 1. The van der Waals surface area contributed by atoms with Crippen molar-refractivity contribution in [3.63, 3.8) is 0 Å². The van der Waals surface area contributed by atoms with Gasteiger partial charge in [0.1, 0.15) is 5.69 Å². The molecule has 5 nitrogen and oxygen atoms in total. The highest BCUT2D eigenvalue weighted by Gasteiger charge is 2.16. The van der Waals surface area contributed by atoms with Crippen LogP contribution in [0, 0.1) is 0 Å². The minimum Gasteiger partial charge on any atom is -0.341 e. The molecular formula is C20H26N4O. The largest absolute Gasteiger partial charge is 0.341 e. The Morgan fingerprint density at radius 3 is 2.52 bits per heavy atom. The standard InChI is InChI=1S/C20H26N4O/c1-15(2)16-9-5-6-10-17(16)22-19(25)18-11-12-21-20(23-18)24-13-7-3-4-8-14-24/h5-6,9-12,15H,3-4,7-8,13-14H2,1-2H3,(H,22,25). The number of rotatable bonds is 4. The summed E-state index contributed by atoms with van der Waals surface area (Å²) in [6.45, 7) is 6.16. The second-order valence-electron chi connectivity index (χ2n) is 6.84. The molecule has 1 saturated heterocycles. The van der Waals surface area contributed by atoms with E-state index in [-0.39, 0.29) is 5.91 Å². The number of aromatic nitrogens is 2. The van der Waals surface area contributed by atoms with Crippen molar-refractivity contribution in [3.8, 4) is 0 Å². The molecule has 1 aliphatic rings. The zero-order chi connectivity index (χ0) is 17.6. The van der Waals surface area contributed by atoms with Crippen LogP contribution in [-0.2, 0) is 0 Å². The number of hydrogen-bond donors (Lipinski definition) is 1. The third-order valence-electron chi connectivity index (χ3n) is 4.60. The molecule has 132 valence electrons. The summed E-state index contributed by atoms with van der Waals surface area (Å²) in [6.07, 6.45) is 6.49. The molecule has 1 aliphatic heterocycles. The first-order valence-electron chi connectivity index (χ1n) is 9.13. The third kappa shape index (κ3) is 4.35. The van der Waals surface area contributed by atoms with Crippen LogP contribution in [0.15, 0.2) is 36.5 Å². The summed E-state index contributed by atoms with van der Waals surface area (Å²) in [4.78, 5) is 23.7. The maximum Gasteiger partial charge on any atom is 0.274 e. The number of para-hydroxylation sites is 1. The molecule has 1 N–H and O–H groups in total. The van der Waals surface area contributed by atoms with Crippen molar-refractivity contribution in [1.29, 1.82) is 0 Å². The van der Waals surface area contributed by atoms with Crippen LogP contribution in [0.5, 0.6) is 0 Å². The molecule has 1 aromatic heterocycles. The number of hydrogen-bond acceptors (Lipinski definition) is 4. The van der Waals surface area contributed by atoms with Gasteiger partial charge in [0.15, 0.2) is 0 Å². The van der Waals surface area contributed by atoms with Crippen molar-refractivity contribution in [2.24, 2.45) is 0 Å². The molecule has 25 heavy (non-hydrogen) atoms. The lowest BCUT2D eigenvalue weighted by molar-refractivity contribution is 0.102. The summed E-state index contributed by atoms with van der Waals surface area (Å²) in [6, 6.07) is 9.58. The lowest BCUT2D eigenvalue weighted by atomic mass is 10.0. The van der Waals surface area contributed by atoms with Crippen LogP contribution < -0.4 is 10.2 Å². The molecule has 2 heterocycles. The van der Waals surface area contributed by atoms with Gasteiger partial charge in [-0.05, 0) is 36.5 Å². The number of carbonyl (C=O) groups is 1. The molecule has 1 amide bonds. The minimum absolute atomic E-state index is 0.188. The summed E-state index contributed by atoms with van der Waals surface area (Å²) >= 11 is 0. The molecule has 0 spiro atoms. The Balaban J connectivity index is 1.78. The molecule has 2 aromatic rings. The molecule has 0 aliphatic carbocycles. The fourth-order valence-corrected chi connectivity index (χ4v) is 3.20. The highest BCUT2D eigenvalue weighted by atomic mass is 16.1. The van der Waals surface area contributed by atoms with Crippen molar-refractivity contribution in [2.45, 2.75) is 45.4 Å². The van der Waals surface area contributed by atoms with Crippen LogP contribution in [0.1, 0.15) is 61.5 Å². The molecule has 0 unspecified atom stereocenters. The van der Waals surface area contributed by atoms with Crippen LogP contribution >= 0.6 is 0 Å². The molecule has 3 rings (SSSR count).